The number of aliphatic imine (C=N–C) groups is 1. The Bertz CT molecular complexity index is 216. The fourth-order valence-electron chi connectivity index (χ4n) is 1.87. The molecule has 0 aromatic carbocycles. The Kier molecular flexibility index (Phi) is 6.93. The van der Waals surface area contributed by atoms with Crippen molar-refractivity contribution in [3.05, 3.63) is 0 Å². The average molecular weight is 242 g/mol. The van der Waals surface area contributed by atoms with Crippen LogP contribution in [0.5, 0.6) is 0 Å². The summed E-state index contributed by atoms with van der Waals surface area (Å²) in [7, 11) is 0. The average Bonchev–Trinajstić information content (AvgIpc) is 2.72. The second kappa shape index (κ2) is 7.99. The van der Waals surface area contributed by atoms with Crippen molar-refractivity contribution in [2.45, 2.75) is 70.6 Å². The van der Waals surface area contributed by atoms with Crippen LogP contribution in [-0.2, 0) is 0 Å². The van der Waals surface area contributed by atoms with Crippen LogP contribution in [0, 0.1) is 0 Å². The summed E-state index contributed by atoms with van der Waals surface area (Å²) < 4.78 is 0. The van der Waals surface area contributed by atoms with Gasteiger partial charge in [0, 0.05) is 11.3 Å². The maximum Gasteiger partial charge on any atom is 0.157 e. The van der Waals surface area contributed by atoms with Crippen molar-refractivity contribution < 1.29 is 0 Å². The third kappa shape index (κ3) is 5.24. The predicted octanol–water partition coefficient (Wildman–Crippen LogP) is 3.82. The Morgan fingerprint density at radius 2 is 2.19 bits per heavy atom. The molecule has 16 heavy (non-hydrogen) atoms. The second-order valence-electron chi connectivity index (χ2n) is 4.69. The first-order chi connectivity index (χ1) is 7.76. The molecule has 0 aliphatic carbocycles. The minimum Gasteiger partial charge on any atom is -0.362 e. The Hall–Kier alpha value is -0.180. The summed E-state index contributed by atoms with van der Waals surface area (Å²) in [6, 6.07) is 0.582. The van der Waals surface area contributed by atoms with Gasteiger partial charge in [0.2, 0.25) is 0 Å². The Labute approximate surface area is 105 Å². The maximum atomic E-state index is 4.54. The van der Waals surface area contributed by atoms with Crippen LogP contribution in [0.3, 0.4) is 0 Å². The zero-order chi connectivity index (χ0) is 11.8. The van der Waals surface area contributed by atoms with Crippen molar-refractivity contribution in [2.75, 3.05) is 6.54 Å². The topological polar surface area (TPSA) is 24.4 Å². The van der Waals surface area contributed by atoms with Gasteiger partial charge in [-0.3, -0.25) is 4.99 Å². The molecule has 1 heterocycles. The number of hydrogen-bond donors (Lipinski definition) is 1. The lowest BCUT2D eigenvalue weighted by Gasteiger charge is -2.14. The molecule has 2 nitrogen and oxygen atoms in total. The Morgan fingerprint density at radius 3 is 2.81 bits per heavy atom. The Morgan fingerprint density at radius 1 is 1.38 bits per heavy atom. The van der Waals surface area contributed by atoms with Gasteiger partial charge < -0.3 is 5.32 Å². The number of amidine groups is 1. The van der Waals surface area contributed by atoms with E-state index in [4.69, 9.17) is 0 Å². The van der Waals surface area contributed by atoms with Crippen LogP contribution in [0.1, 0.15) is 59.3 Å². The molecule has 0 fully saturated rings. The summed E-state index contributed by atoms with van der Waals surface area (Å²) in [5, 5.41) is 5.43. The molecule has 94 valence electrons. The number of hydrogen-bond acceptors (Lipinski definition) is 3. The van der Waals surface area contributed by atoms with Gasteiger partial charge in [-0.05, 0) is 19.8 Å². The first-order valence-electron chi connectivity index (χ1n) is 6.73. The zero-order valence-electron chi connectivity index (χ0n) is 11.0. The fourth-order valence-corrected chi connectivity index (χ4v) is 2.92. The number of nitrogens with zero attached hydrogens (tertiary/aromatic N) is 1. The van der Waals surface area contributed by atoms with Crippen molar-refractivity contribution in [3.63, 3.8) is 0 Å². The monoisotopic (exact) mass is 242 g/mol. The van der Waals surface area contributed by atoms with Gasteiger partial charge in [0.05, 0.1) is 6.54 Å². The fraction of sp³-hybridized carbons (Fsp3) is 0.923. The highest BCUT2D eigenvalue weighted by molar-refractivity contribution is 8.14. The number of unbranched alkanes of at least 4 members (excludes halogenated alkanes) is 3. The van der Waals surface area contributed by atoms with E-state index in [9.17, 15) is 0 Å². The summed E-state index contributed by atoms with van der Waals surface area (Å²) in [4.78, 5) is 4.54. The number of nitrogens with one attached hydrogen (secondary N) is 1. The normalized spacial score (nSPS) is 21.9. The van der Waals surface area contributed by atoms with Gasteiger partial charge in [0.15, 0.2) is 5.17 Å². The molecule has 1 rings (SSSR count). The van der Waals surface area contributed by atoms with Gasteiger partial charge in [-0.2, -0.15) is 0 Å². The Balaban J connectivity index is 2.08. The van der Waals surface area contributed by atoms with Crippen molar-refractivity contribution in [2.24, 2.45) is 4.99 Å². The summed E-state index contributed by atoms with van der Waals surface area (Å²) in [5.41, 5.74) is 0. The highest BCUT2D eigenvalue weighted by Crippen LogP contribution is 2.22. The first-order valence-corrected chi connectivity index (χ1v) is 7.61. The SMILES string of the molecule is CCCCCCC(C)NC1=NCC(CC)S1. The largest absolute Gasteiger partial charge is 0.362 e. The van der Waals surface area contributed by atoms with E-state index in [0.29, 0.717) is 6.04 Å². The van der Waals surface area contributed by atoms with E-state index < -0.39 is 0 Å². The molecular formula is C13H26N2S. The lowest BCUT2D eigenvalue weighted by Crippen LogP contribution is -2.29. The molecule has 0 amide bonds. The van der Waals surface area contributed by atoms with Crippen molar-refractivity contribution in [1.82, 2.24) is 5.32 Å². The van der Waals surface area contributed by atoms with Gasteiger partial charge >= 0.3 is 0 Å². The van der Waals surface area contributed by atoms with Crippen LogP contribution in [0.25, 0.3) is 0 Å². The van der Waals surface area contributed by atoms with E-state index in [0.717, 1.165) is 11.8 Å². The van der Waals surface area contributed by atoms with E-state index in [1.807, 2.05) is 11.8 Å². The summed E-state index contributed by atoms with van der Waals surface area (Å²) in [6.45, 7) is 7.78. The molecule has 1 aliphatic heterocycles. The van der Waals surface area contributed by atoms with E-state index in [1.54, 1.807) is 0 Å². The molecule has 2 atom stereocenters. The zero-order valence-corrected chi connectivity index (χ0v) is 11.8. The van der Waals surface area contributed by atoms with Crippen LogP contribution in [0.15, 0.2) is 4.99 Å². The second-order valence-corrected chi connectivity index (χ2v) is 5.98. The number of thioether (sulfide) groups is 1. The van der Waals surface area contributed by atoms with Crippen LogP contribution in [0.4, 0.5) is 0 Å². The van der Waals surface area contributed by atoms with Gasteiger partial charge in [-0.1, -0.05) is 51.3 Å². The third-order valence-electron chi connectivity index (χ3n) is 3.03. The molecule has 0 aromatic rings. The predicted molar refractivity (Wildman–Crippen MR) is 75.3 cm³/mol. The first kappa shape index (κ1) is 13.9. The van der Waals surface area contributed by atoms with Crippen molar-refractivity contribution >= 4 is 16.9 Å². The van der Waals surface area contributed by atoms with Crippen LogP contribution in [-0.4, -0.2) is 23.0 Å². The highest BCUT2D eigenvalue weighted by atomic mass is 32.2. The number of rotatable bonds is 7. The van der Waals surface area contributed by atoms with E-state index in [-0.39, 0.29) is 0 Å². The third-order valence-corrected chi connectivity index (χ3v) is 4.32. The molecule has 2 unspecified atom stereocenters. The minimum atomic E-state index is 0.582. The smallest absolute Gasteiger partial charge is 0.157 e. The van der Waals surface area contributed by atoms with Crippen molar-refractivity contribution in [3.8, 4) is 0 Å². The van der Waals surface area contributed by atoms with Crippen molar-refractivity contribution in [1.29, 1.82) is 0 Å². The lowest BCUT2D eigenvalue weighted by atomic mass is 10.1. The molecule has 0 radical (unpaired) electrons. The quantitative estimate of drug-likeness (QED) is 0.686. The molecule has 1 N–H and O–H groups in total. The maximum absolute atomic E-state index is 4.54. The van der Waals surface area contributed by atoms with Gasteiger partial charge in [-0.25, -0.2) is 0 Å². The summed E-state index contributed by atoms with van der Waals surface area (Å²) in [5.74, 6) is 0. The molecule has 0 saturated carbocycles. The van der Waals surface area contributed by atoms with Gasteiger partial charge in [-0.15, -0.1) is 0 Å². The molecule has 1 aliphatic rings. The summed E-state index contributed by atoms with van der Waals surface area (Å²) >= 11 is 1.92. The molecular weight excluding hydrogens is 216 g/mol. The summed E-state index contributed by atoms with van der Waals surface area (Å²) in [6.07, 6.45) is 7.92. The molecule has 0 aromatic heterocycles. The van der Waals surface area contributed by atoms with Crippen LogP contribution < -0.4 is 5.32 Å². The van der Waals surface area contributed by atoms with Crippen LogP contribution in [0.2, 0.25) is 0 Å². The van der Waals surface area contributed by atoms with E-state index >= 15 is 0 Å². The van der Waals surface area contributed by atoms with E-state index in [1.165, 1.54) is 43.7 Å². The molecule has 0 spiro atoms. The molecule has 3 heteroatoms. The molecule has 0 saturated heterocycles. The van der Waals surface area contributed by atoms with Crippen LogP contribution >= 0.6 is 11.8 Å². The van der Waals surface area contributed by atoms with E-state index in [2.05, 4.69) is 31.1 Å². The van der Waals surface area contributed by atoms with Gasteiger partial charge in [0.25, 0.3) is 0 Å². The standard InChI is InChI=1S/C13H26N2S/c1-4-6-7-8-9-11(3)15-13-14-10-12(5-2)16-13/h11-12H,4-10H2,1-3H3,(H,14,15). The molecule has 0 bridgehead atoms. The van der Waals surface area contributed by atoms with Gasteiger partial charge in [0.1, 0.15) is 0 Å². The highest BCUT2D eigenvalue weighted by Gasteiger charge is 2.18. The minimum absolute atomic E-state index is 0.582. The lowest BCUT2D eigenvalue weighted by molar-refractivity contribution is 0.545.